The van der Waals surface area contributed by atoms with Gasteiger partial charge in [-0.25, -0.2) is 9.67 Å². The normalized spacial score (nSPS) is 11.4. The van der Waals surface area contributed by atoms with Gasteiger partial charge in [0.1, 0.15) is 0 Å². The van der Waals surface area contributed by atoms with Crippen molar-refractivity contribution in [1.82, 2.24) is 24.6 Å². The minimum Gasteiger partial charge on any atom is -0.395 e. The quantitative estimate of drug-likeness (QED) is 0.694. The van der Waals surface area contributed by atoms with E-state index in [-0.39, 0.29) is 6.61 Å². The molecule has 1 aromatic carbocycles. The van der Waals surface area contributed by atoms with Gasteiger partial charge in [-0.05, 0) is 49.6 Å². The molecule has 2 heterocycles. The van der Waals surface area contributed by atoms with Crippen molar-refractivity contribution < 1.29 is 5.11 Å². The summed E-state index contributed by atoms with van der Waals surface area (Å²) in [6.07, 6.45) is 5.47. The van der Waals surface area contributed by atoms with E-state index < -0.39 is 0 Å². The van der Waals surface area contributed by atoms with E-state index in [1.807, 2.05) is 23.9 Å². The number of rotatable bonds is 7. The number of nitrogens with one attached hydrogen (secondary N) is 1. The second kappa shape index (κ2) is 7.63. The van der Waals surface area contributed by atoms with Crippen molar-refractivity contribution in [2.45, 2.75) is 33.9 Å². The van der Waals surface area contributed by atoms with Crippen molar-refractivity contribution in [3.8, 4) is 5.69 Å². The highest BCUT2D eigenvalue weighted by molar-refractivity contribution is 5.48. The Morgan fingerprint density at radius 3 is 2.68 bits per heavy atom. The molecule has 0 fully saturated rings. The topological polar surface area (TPSA) is 70.0 Å². The smallest absolute Gasteiger partial charge is 0.0925 e. The Hall–Kier alpha value is -2.44. The van der Waals surface area contributed by atoms with E-state index >= 15 is 0 Å². The van der Waals surface area contributed by atoms with Gasteiger partial charge in [0, 0.05) is 37.7 Å². The summed E-state index contributed by atoms with van der Waals surface area (Å²) >= 11 is 0. The van der Waals surface area contributed by atoms with Crippen LogP contribution in [0.25, 0.3) is 5.69 Å². The lowest BCUT2D eigenvalue weighted by Crippen LogP contribution is -2.27. The first-order chi connectivity index (χ1) is 12.1. The number of imidazole rings is 1. The van der Waals surface area contributed by atoms with Crippen LogP contribution in [0.4, 0.5) is 0 Å². The molecule has 2 N–H and O–H groups in total. The predicted octanol–water partition coefficient (Wildman–Crippen LogP) is 2.52. The van der Waals surface area contributed by atoms with Crippen LogP contribution in [-0.4, -0.2) is 42.9 Å². The van der Waals surface area contributed by atoms with Crippen LogP contribution < -0.4 is 0 Å². The summed E-state index contributed by atoms with van der Waals surface area (Å²) < 4.78 is 1.91. The van der Waals surface area contributed by atoms with Crippen LogP contribution >= 0.6 is 0 Å². The van der Waals surface area contributed by atoms with Gasteiger partial charge in [0.15, 0.2) is 0 Å². The van der Waals surface area contributed by atoms with E-state index in [1.165, 1.54) is 16.7 Å². The Morgan fingerprint density at radius 2 is 2.04 bits per heavy atom. The maximum Gasteiger partial charge on any atom is 0.0925 e. The van der Waals surface area contributed by atoms with Crippen LogP contribution in [0.2, 0.25) is 0 Å². The first-order valence-corrected chi connectivity index (χ1v) is 8.50. The van der Waals surface area contributed by atoms with Gasteiger partial charge in [0.2, 0.25) is 0 Å². The van der Waals surface area contributed by atoms with Gasteiger partial charge in [-0.3, -0.25) is 4.90 Å². The Kier molecular flexibility index (Phi) is 5.31. The van der Waals surface area contributed by atoms with Crippen molar-refractivity contribution in [3.05, 3.63) is 65.0 Å². The third-order valence-electron chi connectivity index (χ3n) is 4.45. The zero-order chi connectivity index (χ0) is 17.8. The van der Waals surface area contributed by atoms with E-state index in [2.05, 4.69) is 45.9 Å². The summed E-state index contributed by atoms with van der Waals surface area (Å²) in [5, 5.41) is 13.9. The van der Waals surface area contributed by atoms with E-state index in [1.54, 1.807) is 12.5 Å². The average molecular weight is 339 g/mol. The zero-order valence-electron chi connectivity index (χ0n) is 15.0. The fourth-order valence-corrected chi connectivity index (χ4v) is 3.13. The van der Waals surface area contributed by atoms with Gasteiger partial charge in [0.05, 0.1) is 24.3 Å². The van der Waals surface area contributed by atoms with Crippen LogP contribution in [0.3, 0.4) is 0 Å². The highest BCUT2D eigenvalue weighted by Crippen LogP contribution is 2.23. The molecule has 6 heteroatoms. The predicted molar refractivity (Wildman–Crippen MR) is 97.6 cm³/mol. The molecule has 3 aromatic rings. The van der Waals surface area contributed by atoms with Crippen molar-refractivity contribution in [2.24, 2.45) is 0 Å². The lowest BCUT2D eigenvalue weighted by atomic mass is 10.0. The van der Waals surface area contributed by atoms with Crippen LogP contribution in [0.1, 0.15) is 28.1 Å². The lowest BCUT2D eigenvalue weighted by Gasteiger charge is -2.24. The molecule has 25 heavy (non-hydrogen) atoms. The Morgan fingerprint density at radius 1 is 1.20 bits per heavy atom. The minimum absolute atomic E-state index is 0.117. The molecule has 0 saturated heterocycles. The molecule has 132 valence electrons. The highest BCUT2D eigenvalue weighted by Gasteiger charge is 2.15. The van der Waals surface area contributed by atoms with Crippen LogP contribution in [-0.2, 0) is 13.1 Å². The molecule has 0 amide bonds. The maximum atomic E-state index is 9.49. The average Bonchev–Trinajstić information content (AvgIpc) is 3.22. The molecule has 0 unspecified atom stereocenters. The third-order valence-corrected chi connectivity index (χ3v) is 4.45. The number of benzene rings is 1. The molecular weight excluding hydrogens is 314 g/mol. The maximum absolute atomic E-state index is 9.49. The zero-order valence-corrected chi connectivity index (χ0v) is 15.0. The van der Waals surface area contributed by atoms with Gasteiger partial charge in [-0.1, -0.05) is 6.07 Å². The number of aliphatic hydroxyl groups is 1. The highest BCUT2D eigenvalue weighted by atomic mass is 16.3. The number of H-pyrrole nitrogens is 1. The number of nitrogens with zero attached hydrogens (tertiary/aromatic N) is 4. The number of aliphatic hydroxyl groups excluding tert-OH is 1. The number of hydrogen-bond acceptors (Lipinski definition) is 4. The lowest BCUT2D eigenvalue weighted by molar-refractivity contribution is 0.182. The van der Waals surface area contributed by atoms with Gasteiger partial charge >= 0.3 is 0 Å². The number of aromatic amines is 1. The second-order valence-electron chi connectivity index (χ2n) is 6.44. The van der Waals surface area contributed by atoms with Gasteiger partial charge in [-0.15, -0.1) is 0 Å². The first-order valence-electron chi connectivity index (χ1n) is 8.50. The molecule has 0 aliphatic rings. The third kappa shape index (κ3) is 3.97. The summed E-state index contributed by atoms with van der Waals surface area (Å²) in [6, 6.07) is 6.28. The molecule has 2 aromatic heterocycles. The summed E-state index contributed by atoms with van der Waals surface area (Å²) in [5.41, 5.74) is 6.82. The Labute approximate surface area is 148 Å². The monoisotopic (exact) mass is 339 g/mol. The molecular formula is C19H25N5O. The standard InChI is InChI=1S/C19H25N5O/c1-14-9-15(2)17(19(10-14)24-6-4-5-22-24)11-23(7-8-25)12-18-16(3)20-13-21-18/h4-6,9-10,13,25H,7-8,11-12H2,1-3H3,(H,20,21). The minimum atomic E-state index is 0.117. The fraction of sp³-hybridized carbons (Fsp3) is 0.368. The molecule has 0 saturated carbocycles. The van der Waals surface area contributed by atoms with E-state index in [0.29, 0.717) is 13.1 Å². The van der Waals surface area contributed by atoms with Crippen molar-refractivity contribution >= 4 is 0 Å². The summed E-state index contributed by atoms with van der Waals surface area (Å²) in [7, 11) is 0. The second-order valence-corrected chi connectivity index (χ2v) is 6.44. The van der Waals surface area contributed by atoms with E-state index in [9.17, 15) is 5.11 Å². The van der Waals surface area contributed by atoms with Crippen LogP contribution in [0, 0.1) is 20.8 Å². The van der Waals surface area contributed by atoms with Crippen molar-refractivity contribution in [3.63, 3.8) is 0 Å². The Balaban J connectivity index is 1.93. The SMILES string of the molecule is Cc1cc(C)c(CN(CCO)Cc2nc[nH]c2C)c(-n2cccn2)c1. The molecule has 0 bridgehead atoms. The van der Waals surface area contributed by atoms with Gasteiger partial charge in [0.25, 0.3) is 0 Å². The van der Waals surface area contributed by atoms with Crippen LogP contribution in [0.5, 0.6) is 0 Å². The van der Waals surface area contributed by atoms with Gasteiger partial charge < -0.3 is 10.1 Å². The molecule has 0 radical (unpaired) electrons. The number of hydrogen-bond donors (Lipinski definition) is 2. The summed E-state index contributed by atoms with van der Waals surface area (Å²) in [5.74, 6) is 0. The molecule has 6 nitrogen and oxygen atoms in total. The number of aryl methyl sites for hydroxylation is 3. The largest absolute Gasteiger partial charge is 0.395 e. The number of aromatic nitrogens is 4. The fourth-order valence-electron chi connectivity index (χ4n) is 3.13. The van der Waals surface area contributed by atoms with Crippen molar-refractivity contribution in [2.75, 3.05) is 13.2 Å². The molecule has 0 aliphatic carbocycles. The first kappa shape index (κ1) is 17.4. The van der Waals surface area contributed by atoms with Crippen molar-refractivity contribution in [1.29, 1.82) is 0 Å². The molecule has 0 atom stereocenters. The Bertz CT molecular complexity index is 822. The van der Waals surface area contributed by atoms with Gasteiger partial charge in [-0.2, -0.15) is 5.10 Å². The summed E-state index contributed by atoms with van der Waals surface area (Å²) in [6.45, 7) is 8.39. The molecule has 0 aliphatic heterocycles. The molecule has 0 spiro atoms. The van der Waals surface area contributed by atoms with Crippen LogP contribution in [0.15, 0.2) is 36.9 Å². The summed E-state index contributed by atoms with van der Waals surface area (Å²) in [4.78, 5) is 9.73. The van der Waals surface area contributed by atoms with E-state index in [0.717, 1.165) is 23.6 Å². The molecule has 3 rings (SSSR count). The van der Waals surface area contributed by atoms with E-state index in [4.69, 9.17) is 0 Å².